The molecule has 3 rings (SSSR count). The van der Waals surface area contributed by atoms with Crippen LogP contribution in [0.3, 0.4) is 0 Å². The number of nitrogens with one attached hydrogen (secondary N) is 2. The van der Waals surface area contributed by atoms with Crippen molar-refractivity contribution in [2.45, 2.75) is 65.0 Å². The Hall–Kier alpha value is -3.04. The first-order valence-corrected chi connectivity index (χ1v) is 11.0. The lowest BCUT2D eigenvalue weighted by Gasteiger charge is -2.30. The summed E-state index contributed by atoms with van der Waals surface area (Å²) in [7, 11) is 0. The van der Waals surface area contributed by atoms with Crippen molar-refractivity contribution in [1.82, 2.24) is 20.4 Å². The fourth-order valence-corrected chi connectivity index (χ4v) is 4.10. The third kappa shape index (κ3) is 6.06. The zero-order valence-corrected chi connectivity index (χ0v) is 19.0. The van der Waals surface area contributed by atoms with Crippen LogP contribution in [0.1, 0.15) is 56.9 Å². The summed E-state index contributed by atoms with van der Waals surface area (Å²) in [5, 5.41) is 18.9. The minimum Gasteiger partial charge on any atom is -0.480 e. The quantitative estimate of drug-likeness (QED) is 0.582. The highest BCUT2D eigenvalue weighted by atomic mass is 19.3. The standard InChI is InChI=1S/C23H30F2N4O4/c1-22(2,3)19(21(33)26-12-17(30)31)27-20(32)18-15-6-4-5-7-16(15)29(28-18)13-14-8-10-23(24,25)11-9-14/h4-7,14,19H,8-13H2,1-3H3,(H,26,33)(H,27,32)(H,30,31). The summed E-state index contributed by atoms with van der Waals surface area (Å²) < 4.78 is 28.7. The zero-order valence-electron chi connectivity index (χ0n) is 19.0. The van der Waals surface area contributed by atoms with Gasteiger partial charge in [0.15, 0.2) is 5.69 Å². The third-order valence-corrected chi connectivity index (χ3v) is 5.96. The summed E-state index contributed by atoms with van der Waals surface area (Å²) in [4.78, 5) is 36.5. The number of rotatable bonds is 7. The molecule has 1 aromatic heterocycles. The predicted molar refractivity (Wildman–Crippen MR) is 118 cm³/mol. The number of nitrogens with zero attached hydrogens (tertiary/aromatic N) is 2. The number of aromatic nitrogens is 2. The molecule has 0 spiro atoms. The van der Waals surface area contributed by atoms with Gasteiger partial charge in [-0.1, -0.05) is 39.0 Å². The Morgan fingerprint density at radius 3 is 2.45 bits per heavy atom. The van der Waals surface area contributed by atoms with Gasteiger partial charge >= 0.3 is 5.97 Å². The molecule has 1 saturated carbocycles. The Bertz CT molecular complexity index is 1030. The summed E-state index contributed by atoms with van der Waals surface area (Å²) >= 11 is 0. The Kier molecular flexibility index (Phi) is 7.04. The average molecular weight is 465 g/mol. The van der Waals surface area contributed by atoms with E-state index in [0.29, 0.717) is 30.3 Å². The molecule has 33 heavy (non-hydrogen) atoms. The number of carboxylic acids is 1. The van der Waals surface area contributed by atoms with E-state index in [2.05, 4.69) is 15.7 Å². The van der Waals surface area contributed by atoms with Gasteiger partial charge in [0.2, 0.25) is 11.8 Å². The number of carbonyl (C=O) groups excluding carboxylic acids is 2. The Labute approximate surface area is 190 Å². The van der Waals surface area contributed by atoms with Crippen LogP contribution >= 0.6 is 0 Å². The van der Waals surface area contributed by atoms with Gasteiger partial charge in [-0.3, -0.25) is 19.1 Å². The highest BCUT2D eigenvalue weighted by Gasteiger charge is 2.36. The van der Waals surface area contributed by atoms with E-state index < -0.39 is 41.7 Å². The molecule has 180 valence electrons. The van der Waals surface area contributed by atoms with E-state index >= 15 is 0 Å². The van der Waals surface area contributed by atoms with E-state index in [1.807, 2.05) is 12.1 Å². The number of carboxylic acid groups (broad SMARTS) is 1. The van der Waals surface area contributed by atoms with Crippen LogP contribution in [-0.2, 0) is 16.1 Å². The minimum absolute atomic E-state index is 0.0352. The largest absolute Gasteiger partial charge is 0.480 e. The number of carbonyl (C=O) groups is 3. The summed E-state index contributed by atoms with van der Waals surface area (Å²) in [6.07, 6.45) is 0.475. The first-order chi connectivity index (χ1) is 15.4. The number of fused-ring (bicyclic) bond motifs is 1. The van der Waals surface area contributed by atoms with Crippen LogP contribution in [0.25, 0.3) is 10.9 Å². The van der Waals surface area contributed by atoms with Crippen LogP contribution in [0.2, 0.25) is 0 Å². The highest BCUT2D eigenvalue weighted by Crippen LogP contribution is 2.37. The van der Waals surface area contributed by atoms with Gasteiger partial charge < -0.3 is 15.7 Å². The van der Waals surface area contributed by atoms with Gasteiger partial charge in [0.05, 0.1) is 5.52 Å². The number of halogens is 2. The van der Waals surface area contributed by atoms with Crippen LogP contribution in [-0.4, -0.2) is 51.2 Å². The zero-order chi connectivity index (χ0) is 24.4. The van der Waals surface area contributed by atoms with E-state index in [4.69, 9.17) is 5.11 Å². The van der Waals surface area contributed by atoms with Crippen molar-refractivity contribution in [2.75, 3.05) is 6.54 Å². The van der Waals surface area contributed by atoms with Gasteiger partial charge in [0.1, 0.15) is 12.6 Å². The van der Waals surface area contributed by atoms with Gasteiger partial charge in [0.25, 0.3) is 5.91 Å². The molecule has 0 aliphatic heterocycles. The number of aliphatic carboxylic acids is 1. The molecule has 3 N–H and O–H groups in total. The van der Waals surface area contributed by atoms with Gasteiger partial charge in [-0.25, -0.2) is 8.78 Å². The maximum atomic E-state index is 13.5. The minimum atomic E-state index is -2.61. The van der Waals surface area contributed by atoms with E-state index in [0.717, 1.165) is 0 Å². The van der Waals surface area contributed by atoms with E-state index in [9.17, 15) is 23.2 Å². The maximum Gasteiger partial charge on any atom is 0.322 e. The molecule has 2 aromatic rings. The number of amides is 2. The first-order valence-electron chi connectivity index (χ1n) is 11.0. The second-order valence-electron chi connectivity index (χ2n) is 9.73. The van der Waals surface area contributed by atoms with Crippen LogP contribution in [0.4, 0.5) is 8.78 Å². The van der Waals surface area contributed by atoms with Crippen LogP contribution in [0.15, 0.2) is 24.3 Å². The third-order valence-electron chi connectivity index (χ3n) is 5.96. The lowest BCUT2D eigenvalue weighted by molar-refractivity contribution is -0.138. The van der Waals surface area contributed by atoms with Crippen molar-refractivity contribution in [2.24, 2.45) is 11.3 Å². The molecule has 1 fully saturated rings. The Balaban J connectivity index is 1.83. The SMILES string of the molecule is CC(C)(C)C(NC(=O)c1nn(CC2CCC(F)(F)CC2)c2ccccc12)C(=O)NCC(=O)O. The lowest BCUT2D eigenvalue weighted by atomic mass is 9.86. The van der Waals surface area contributed by atoms with Crippen LogP contribution in [0, 0.1) is 11.3 Å². The van der Waals surface area contributed by atoms with Crippen molar-refractivity contribution in [3.8, 4) is 0 Å². The second kappa shape index (κ2) is 9.44. The fourth-order valence-electron chi connectivity index (χ4n) is 4.10. The molecule has 1 heterocycles. The van der Waals surface area contributed by atoms with Crippen molar-refractivity contribution >= 4 is 28.7 Å². The summed E-state index contributed by atoms with van der Waals surface area (Å²) in [5.41, 5.74) is 0.152. The number of alkyl halides is 2. The van der Waals surface area contributed by atoms with Crippen molar-refractivity contribution < 1.29 is 28.3 Å². The highest BCUT2D eigenvalue weighted by molar-refractivity contribution is 6.06. The van der Waals surface area contributed by atoms with E-state index in [1.54, 1.807) is 37.6 Å². The molecular weight excluding hydrogens is 434 g/mol. The molecule has 0 bridgehead atoms. The summed E-state index contributed by atoms with van der Waals surface area (Å²) in [6, 6.07) is 6.16. The van der Waals surface area contributed by atoms with Gasteiger partial charge in [-0.15, -0.1) is 0 Å². The first kappa shape index (κ1) is 24.6. The van der Waals surface area contributed by atoms with Crippen molar-refractivity contribution in [3.05, 3.63) is 30.0 Å². The molecule has 0 radical (unpaired) electrons. The Morgan fingerprint density at radius 2 is 1.85 bits per heavy atom. The van der Waals surface area contributed by atoms with Crippen molar-refractivity contribution in [1.29, 1.82) is 0 Å². The number of para-hydroxylation sites is 1. The van der Waals surface area contributed by atoms with Crippen LogP contribution in [0.5, 0.6) is 0 Å². The summed E-state index contributed by atoms with van der Waals surface area (Å²) in [6.45, 7) is 5.14. The topological polar surface area (TPSA) is 113 Å². The van der Waals surface area contributed by atoms with Gasteiger partial charge in [-0.2, -0.15) is 5.10 Å². The normalized spacial score (nSPS) is 17.5. The van der Waals surface area contributed by atoms with E-state index in [1.165, 1.54) is 0 Å². The lowest BCUT2D eigenvalue weighted by Crippen LogP contribution is -2.54. The fraction of sp³-hybridized carbons (Fsp3) is 0.565. The average Bonchev–Trinajstić information content (AvgIpc) is 3.09. The van der Waals surface area contributed by atoms with Crippen molar-refractivity contribution in [3.63, 3.8) is 0 Å². The van der Waals surface area contributed by atoms with E-state index in [-0.39, 0.29) is 24.5 Å². The maximum absolute atomic E-state index is 13.5. The molecule has 1 aliphatic carbocycles. The smallest absolute Gasteiger partial charge is 0.322 e. The number of benzene rings is 1. The molecule has 10 heteroatoms. The molecule has 1 aromatic carbocycles. The molecule has 1 aliphatic rings. The Morgan fingerprint density at radius 1 is 1.21 bits per heavy atom. The molecule has 8 nitrogen and oxygen atoms in total. The molecule has 1 atom stereocenters. The number of hydrogen-bond acceptors (Lipinski definition) is 4. The number of hydrogen-bond donors (Lipinski definition) is 3. The summed E-state index contributed by atoms with van der Waals surface area (Å²) in [5.74, 6) is -4.94. The van der Waals surface area contributed by atoms with Gasteiger partial charge in [-0.05, 0) is 30.2 Å². The second-order valence-corrected chi connectivity index (χ2v) is 9.73. The molecule has 0 saturated heterocycles. The molecule has 1 unspecified atom stereocenters. The van der Waals surface area contributed by atoms with Gasteiger partial charge in [0, 0.05) is 24.8 Å². The van der Waals surface area contributed by atoms with Crippen LogP contribution < -0.4 is 10.6 Å². The monoisotopic (exact) mass is 464 g/mol. The predicted octanol–water partition coefficient (Wildman–Crippen LogP) is 3.21. The molecular formula is C23H30F2N4O4. The molecule has 2 amide bonds.